The van der Waals surface area contributed by atoms with Crippen LogP contribution in [-0.4, -0.2) is 16.7 Å². The number of carbonyl (C=O) groups excluding carboxylic acids is 2. The van der Waals surface area contributed by atoms with Gasteiger partial charge in [-0.3, -0.25) is 19.7 Å². The zero-order valence-corrected chi connectivity index (χ0v) is 13.3. The molecule has 2 aromatic carbocycles. The molecule has 0 aliphatic carbocycles. The highest BCUT2D eigenvalue weighted by Crippen LogP contribution is 2.16. The normalized spacial score (nSPS) is 9.20. The predicted molar refractivity (Wildman–Crippen MR) is 97.2 cm³/mol. The van der Waals surface area contributed by atoms with E-state index in [1.54, 1.807) is 32.0 Å². The van der Waals surface area contributed by atoms with Gasteiger partial charge < -0.3 is 17.2 Å². The summed E-state index contributed by atoms with van der Waals surface area (Å²) in [6, 6.07) is 8.95. The van der Waals surface area contributed by atoms with Gasteiger partial charge in [-0.15, -0.1) is 0 Å². The maximum Gasteiger partial charge on any atom is 0.269 e. The molecule has 25 heavy (non-hydrogen) atoms. The Bertz CT molecular complexity index is 803. The van der Waals surface area contributed by atoms with Crippen LogP contribution >= 0.6 is 0 Å². The molecule has 0 unspecified atom stereocenters. The summed E-state index contributed by atoms with van der Waals surface area (Å²) in [6.45, 7) is 3.41. The summed E-state index contributed by atoms with van der Waals surface area (Å²) in [6.07, 6.45) is 0. The van der Waals surface area contributed by atoms with Crippen LogP contribution in [0.15, 0.2) is 36.4 Å². The van der Waals surface area contributed by atoms with Gasteiger partial charge in [-0.2, -0.15) is 0 Å². The number of anilines is 1. The van der Waals surface area contributed by atoms with Gasteiger partial charge in [0.25, 0.3) is 5.69 Å². The van der Waals surface area contributed by atoms with Crippen molar-refractivity contribution in [3.05, 3.63) is 68.8 Å². The molecule has 2 amide bonds. The van der Waals surface area contributed by atoms with E-state index >= 15 is 0 Å². The topological polar surface area (TPSA) is 155 Å². The van der Waals surface area contributed by atoms with Crippen molar-refractivity contribution < 1.29 is 14.5 Å². The Labute approximate surface area is 145 Å². The number of nitro groups is 1. The van der Waals surface area contributed by atoms with Crippen LogP contribution in [0.3, 0.4) is 0 Å². The molecule has 0 radical (unpaired) electrons. The van der Waals surface area contributed by atoms with Crippen LogP contribution in [0.25, 0.3) is 0 Å². The molecule has 0 bridgehead atoms. The van der Waals surface area contributed by atoms with E-state index in [-0.39, 0.29) is 13.1 Å². The number of amides is 2. The van der Waals surface area contributed by atoms with Gasteiger partial charge in [0.1, 0.15) is 0 Å². The third kappa shape index (κ3) is 5.94. The zero-order valence-electron chi connectivity index (χ0n) is 13.3. The smallest absolute Gasteiger partial charge is 0.269 e. The van der Waals surface area contributed by atoms with Gasteiger partial charge in [0, 0.05) is 28.9 Å². The van der Waals surface area contributed by atoms with E-state index < -0.39 is 16.7 Å². The highest BCUT2D eigenvalue weighted by molar-refractivity contribution is 5.95. The van der Waals surface area contributed by atoms with Crippen LogP contribution in [0.1, 0.15) is 39.3 Å². The molecule has 6 N–H and O–H groups in total. The van der Waals surface area contributed by atoms with Gasteiger partial charge in [0.2, 0.25) is 11.8 Å². The summed E-state index contributed by atoms with van der Waals surface area (Å²) in [7, 11) is 0. The van der Waals surface area contributed by atoms with E-state index in [0.29, 0.717) is 22.4 Å². The minimum Gasteiger partial charge on any atom is -0.399 e. The lowest BCUT2D eigenvalue weighted by Crippen LogP contribution is -2.12. The summed E-state index contributed by atoms with van der Waals surface area (Å²) in [5.41, 5.74) is 18.4. The number of nitrogens with zero attached hydrogens (tertiary/aromatic N) is 1. The largest absolute Gasteiger partial charge is 0.399 e. The first-order valence-corrected chi connectivity index (χ1v) is 6.84. The summed E-state index contributed by atoms with van der Waals surface area (Å²) < 4.78 is 0. The molecule has 0 heterocycles. The zero-order chi connectivity index (χ0) is 18.4. The molecule has 2 rings (SSSR count). The number of aryl methyl sites for hydroxylation is 2. The Morgan fingerprint density at radius 3 is 1.72 bits per heavy atom. The molecule has 0 fully saturated rings. The van der Waals surface area contributed by atoms with E-state index in [2.05, 4.69) is 0 Å². The molecule has 0 saturated heterocycles. The summed E-state index contributed by atoms with van der Waals surface area (Å²) in [5, 5.41) is 10.3. The Morgan fingerprint density at radius 1 is 0.920 bits per heavy atom. The molecule has 0 aromatic heterocycles. The average molecular weight is 346 g/mol. The molecule has 8 heteroatoms. The quantitative estimate of drug-likeness (QED) is 0.441. The molecule has 0 aliphatic rings. The number of carbonyl (C=O) groups is 2. The van der Waals surface area contributed by atoms with Crippen LogP contribution in [0, 0.1) is 24.0 Å². The summed E-state index contributed by atoms with van der Waals surface area (Å²) >= 11 is 0. The Balaban J connectivity index is 0.000000449. The maximum absolute atomic E-state index is 10.8. The van der Waals surface area contributed by atoms with Crippen LogP contribution in [0.4, 0.5) is 11.4 Å². The van der Waals surface area contributed by atoms with Crippen LogP contribution in [0.5, 0.6) is 0 Å². The first-order valence-electron chi connectivity index (χ1n) is 6.84. The third-order valence-electron chi connectivity index (χ3n) is 3.20. The van der Waals surface area contributed by atoms with Crippen molar-refractivity contribution in [2.75, 3.05) is 5.73 Å². The SMILES string of the molecule is C.Cc1cc(N)ccc1C(N)=O.Cc1cc([N+](=O)[O-])ccc1C(N)=O. The molecule has 0 saturated carbocycles. The van der Waals surface area contributed by atoms with Gasteiger partial charge in [-0.1, -0.05) is 7.43 Å². The number of primary amides is 2. The maximum atomic E-state index is 10.8. The molecular weight excluding hydrogens is 324 g/mol. The molecule has 8 nitrogen and oxygen atoms in total. The molecular formula is C17H22N4O4. The fraction of sp³-hybridized carbons (Fsp3) is 0.176. The Morgan fingerprint density at radius 2 is 1.36 bits per heavy atom. The Kier molecular flexibility index (Phi) is 7.78. The van der Waals surface area contributed by atoms with Crippen molar-refractivity contribution >= 4 is 23.2 Å². The second-order valence-electron chi connectivity index (χ2n) is 5.06. The van der Waals surface area contributed by atoms with Crippen molar-refractivity contribution in [2.45, 2.75) is 21.3 Å². The van der Waals surface area contributed by atoms with Crippen LogP contribution in [-0.2, 0) is 0 Å². The number of rotatable bonds is 3. The van der Waals surface area contributed by atoms with Gasteiger partial charge in [0.05, 0.1) is 4.92 Å². The number of nitrogens with two attached hydrogens (primary N) is 3. The van der Waals surface area contributed by atoms with E-state index in [1.165, 1.54) is 18.2 Å². The predicted octanol–water partition coefficient (Wildman–Crippen LogP) is 2.31. The van der Waals surface area contributed by atoms with Crippen molar-refractivity contribution in [2.24, 2.45) is 11.5 Å². The number of non-ortho nitro benzene ring substituents is 1. The van der Waals surface area contributed by atoms with Crippen molar-refractivity contribution in [3.8, 4) is 0 Å². The van der Waals surface area contributed by atoms with Gasteiger partial charge in [-0.25, -0.2) is 0 Å². The number of benzene rings is 2. The van der Waals surface area contributed by atoms with E-state index in [4.69, 9.17) is 17.2 Å². The molecule has 0 aliphatic heterocycles. The first-order chi connectivity index (χ1) is 11.1. The molecule has 134 valence electrons. The minimum absolute atomic E-state index is 0. The van der Waals surface area contributed by atoms with E-state index in [0.717, 1.165) is 5.56 Å². The number of hydrogen-bond acceptors (Lipinski definition) is 5. The second-order valence-corrected chi connectivity index (χ2v) is 5.06. The number of hydrogen-bond donors (Lipinski definition) is 3. The fourth-order valence-corrected chi connectivity index (χ4v) is 2.00. The van der Waals surface area contributed by atoms with Crippen molar-refractivity contribution in [1.29, 1.82) is 0 Å². The van der Waals surface area contributed by atoms with E-state index in [9.17, 15) is 19.7 Å². The fourth-order valence-electron chi connectivity index (χ4n) is 2.00. The monoisotopic (exact) mass is 346 g/mol. The van der Waals surface area contributed by atoms with E-state index in [1.807, 2.05) is 0 Å². The third-order valence-corrected chi connectivity index (χ3v) is 3.20. The highest BCUT2D eigenvalue weighted by Gasteiger charge is 2.10. The van der Waals surface area contributed by atoms with Crippen molar-refractivity contribution in [3.63, 3.8) is 0 Å². The van der Waals surface area contributed by atoms with Gasteiger partial charge in [-0.05, 0) is 49.2 Å². The molecule has 2 aromatic rings. The lowest BCUT2D eigenvalue weighted by Gasteiger charge is -2.00. The second kappa shape index (κ2) is 9.02. The average Bonchev–Trinajstić information content (AvgIpc) is 2.46. The highest BCUT2D eigenvalue weighted by atomic mass is 16.6. The molecule has 0 spiro atoms. The van der Waals surface area contributed by atoms with Crippen molar-refractivity contribution in [1.82, 2.24) is 0 Å². The van der Waals surface area contributed by atoms with Gasteiger partial charge >= 0.3 is 0 Å². The Hall–Kier alpha value is -3.42. The van der Waals surface area contributed by atoms with Crippen LogP contribution in [0.2, 0.25) is 0 Å². The standard InChI is InChI=1S/C8H8N2O3.C8H10N2O.CH4/c1-5-4-6(10(12)13)2-3-7(5)8(9)11;1-5-4-6(9)2-3-7(5)8(10)11;/h2-4H,1H3,(H2,9,11);2-4H,9H2,1H3,(H2,10,11);1H4. The summed E-state index contributed by atoms with van der Waals surface area (Å²) in [4.78, 5) is 31.3. The summed E-state index contributed by atoms with van der Waals surface area (Å²) in [5.74, 6) is -0.991. The van der Waals surface area contributed by atoms with Crippen LogP contribution < -0.4 is 17.2 Å². The number of nitrogen functional groups attached to an aromatic ring is 1. The van der Waals surface area contributed by atoms with Gasteiger partial charge in [0.15, 0.2) is 0 Å². The lowest BCUT2D eigenvalue weighted by molar-refractivity contribution is -0.384. The minimum atomic E-state index is -0.576. The lowest BCUT2D eigenvalue weighted by atomic mass is 10.1. The number of nitro benzene ring substituents is 1. The molecule has 0 atom stereocenters. The first kappa shape index (κ1) is 21.6.